The lowest BCUT2D eigenvalue weighted by Crippen LogP contribution is -2.52. The minimum atomic E-state index is -3.63. The Morgan fingerprint density at radius 2 is 1.54 bits per heavy atom. The van der Waals surface area contributed by atoms with Gasteiger partial charge in [-0.15, -0.1) is 0 Å². The fourth-order valence-electron chi connectivity index (χ4n) is 4.17. The van der Waals surface area contributed by atoms with Crippen LogP contribution in [0.15, 0.2) is 29.2 Å². The lowest BCUT2D eigenvalue weighted by molar-refractivity contribution is -0.138. The predicted molar refractivity (Wildman–Crippen MR) is 104 cm³/mol. The predicted octanol–water partition coefficient (Wildman–Crippen LogP) is 1.78. The van der Waals surface area contributed by atoms with Crippen LogP contribution in [0.2, 0.25) is 0 Å². The number of rotatable bonds is 5. The molecule has 1 aromatic carbocycles. The summed E-state index contributed by atoms with van der Waals surface area (Å²) in [7, 11) is -3.63. The van der Waals surface area contributed by atoms with Crippen molar-refractivity contribution in [2.24, 2.45) is 11.8 Å². The van der Waals surface area contributed by atoms with Crippen LogP contribution in [-0.4, -0.2) is 74.2 Å². The van der Waals surface area contributed by atoms with Crippen LogP contribution in [0.5, 0.6) is 0 Å². The zero-order valence-corrected chi connectivity index (χ0v) is 16.9. The van der Waals surface area contributed by atoms with E-state index >= 15 is 0 Å². The Morgan fingerprint density at radius 1 is 0.929 bits per heavy atom. The molecule has 1 amide bonds. The smallest absolute Gasteiger partial charge is 0.243 e. The standard InChI is InChI=1S/C20H28FN3O3S/c21-18-3-5-19(6-4-18)28(26,27)24-9-7-17(8-10-24)20(25)23-13-11-22(12-14-23)15-16-1-2-16/h3-6,16-17H,1-2,7-15H2. The number of hydrogen-bond donors (Lipinski definition) is 0. The van der Waals surface area contributed by atoms with E-state index in [0.717, 1.165) is 44.2 Å². The van der Waals surface area contributed by atoms with Gasteiger partial charge in [0.2, 0.25) is 15.9 Å². The topological polar surface area (TPSA) is 60.9 Å². The maximum atomic E-state index is 13.1. The van der Waals surface area contributed by atoms with E-state index in [9.17, 15) is 17.6 Å². The summed E-state index contributed by atoms with van der Waals surface area (Å²) in [5.74, 6) is 0.481. The molecule has 1 saturated carbocycles. The fraction of sp³-hybridized carbons (Fsp3) is 0.650. The number of sulfonamides is 1. The Labute approximate surface area is 166 Å². The van der Waals surface area contributed by atoms with E-state index in [-0.39, 0.29) is 16.7 Å². The molecule has 2 saturated heterocycles. The lowest BCUT2D eigenvalue weighted by Gasteiger charge is -2.38. The van der Waals surface area contributed by atoms with Crippen molar-refractivity contribution in [1.29, 1.82) is 0 Å². The molecule has 1 aromatic rings. The van der Waals surface area contributed by atoms with Crippen molar-refractivity contribution in [2.45, 2.75) is 30.6 Å². The van der Waals surface area contributed by atoms with Gasteiger partial charge in [-0.05, 0) is 55.9 Å². The quantitative estimate of drug-likeness (QED) is 0.744. The fourth-order valence-corrected chi connectivity index (χ4v) is 5.64. The van der Waals surface area contributed by atoms with Gasteiger partial charge in [-0.3, -0.25) is 9.69 Å². The van der Waals surface area contributed by atoms with Gasteiger partial charge < -0.3 is 4.90 Å². The Balaban J connectivity index is 1.29. The molecule has 28 heavy (non-hydrogen) atoms. The first kappa shape index (κ1) is 19.8. The van der Waals surface area contributed by atoms with Gasteiger partial charge in [0.1, 0.15) is 5.82 Å². The molecule has 2 aliphatic heterocycles. The minimum absolute atomic E-state index is 0.102. The van der Waals surface area contributed by atoms with Gasteiger partial charge in [-0.25, -0.2) is 12.8 Å². The van der Waals surface area contributed by atoms with E-state index in [0.29, 0.717) is 25.9 Å². The van der Waals surface area contributed by atoms with Crippen LogP contribution in [-0.2, 0) is 14.8 Å². The largest absolute Gasteiger partial charge is 0.340 e. The zero-order chi connectivity index (χ0) is 19.7. The van der Waals surface area contributed by atoms with E-state index in [2.05, 4.69) is 4.90 Å². The van der Waals surface area contributed by atoms with Gasteiger partial charge >= 0.3 is 0 Å². The molecule has 2 heterocycles. The lowest BCUT2D eigenvalue weighted by atomic mass is 9.96. The minimum Gasteiger partial charge on any atom is -0.340 e. The third kappa shape index (κ3) is 4.39. The SMILES string of the molecule is O=C(C1CCN(S(=O)(=O)c2ccc(F)cc2)CC1)N1CCN(CC2CC2)CC1. The molecule has 0 radical (unpaired) electrons. The first-order valence-corrected chi connectivity index (χ1v) is 11.6. The van der Waals surface area contributed by atoms with Gasteiger partial charge in [0.05, 0.1) is 4.90 Å². The third-order valence-electron chi connectivity index (χ3n) is 6.15. The number of piperazine rings is 1. The Hall–Kier alpha value is -1.51. The molecule has 6 nitrogen and oxygen atoms in total. The van der Waals surface area contributed by atoms with Gasteiger partial charge in [-0.1, -0.05) is 0 Å². The molecule has 154 valence electrons. The van der Waals surface area contributed by atoms with Gasteiger partial charge in [0.15, 0.2) is 0 Å². The Morgan fingerprint density at radius 3 is 2.11 bits per heavy atom. The highest BCUT2D eigenvalue weighted by molar-refractivity contribution is 7.89. The van der Waals surface area contributed by atoms with Gasteiger partial charge in [0.25, 0.3) is 0 Å². The van der Waals surface area contributed by atoms with Crippen molar-refractivity contribution in [2.75, 3.05) is 45.8 Å². The summed E-state index contributed by atoms with van der Waals surface area (Å²) in [6.45, 7) is 5.27. The average molecular weight is 410 g/mol. The van der Waals surface area contributed by atoms with Crippen molar-refractivity contribution in [1.82, 2.24) is 14.1 Å². The molecule has 1 aliphatic carbocycles. The number of benzene rings is 1. The van der Waals surface area contributed by atoms with Crippen molar-refractivity contribution >= 4 is 15.9 Å². The Kier molecular flexibility index (Phi) is 5.71. The molecule has 4 rings (SSSR count). The highest BCUT2D eigenvalue weighted by atomic mass is 32.2. The summed E-state index contributed by atoms with van der Waals surface area (Å²) in [4.78, 5) is 17.4. The summed E-state index contributed by atoms with van der Waals surface area (Å²) in [5, 5.41) is 0. The molecule has 0 unspecified atom stereocenters. The van der Waals surface area contributed by atoms with Crippen molar-refractivity contribution in [3.8, 4) is 0 Å². The van der Waals surface area contributed by atoms with Gasteiger partial charge in [0, 0.05) is 51.7 Å². The summed E-state index contributed by atoms with van der Waals surface area (Å²) in [6, 6.07) is 4.91. The molecule has 0 spiro atoms. The zero-order valence-electron chi connectivity index (χ0n) is 16.1. The van der Waals surface area contributed by atoms with E-state index in [1.807, 2.05) is 4.90 Å². The highest BCUT2D eigenvalue weighted by Gasteiger charge is 2.35. The van der Waals surface area contributed by atoms with E-state index in [4.69, 9.17) is 0 Å². The molecule has 0 aromatic heterocycles. The van der Waals surface area contributed by atoms with Crippen molar-refractivity contribution < 1.29 is 17.6 Å². The van der Waals surface area contributed by atoms with Crippen LogP contribution in [0, 0.1) is 17.7 Å². The first-order valence-electron chi connectivity index (χ1n) is 10.2. The van der Waals surface area contributed by atoms with E-state index in [1.165, 1.54) is 35.8 Å². The van der Waals surface area contributed by atoms with Crippen molar-refractivity contribution in [3.05, 3.63) is 30.1 Å². The molecule has 0 N–H and O–H groups in total. The monoisotopic (exact) mass is 409 g/mol. The van der Waals surface area contributed by atoms with Crippen molar-refractivity contribution in [3.63, 3.8) is 0 Å². The first-order chi connectivity index (χ1) is 13.4. The second-order valence-corrected chi connectivity index (χ2v) is 10.1. The molecular formula is C20H28FN3O3S. The second kappa shape index (κ2) is 8.08. The second-order valence-electron chi connectivity index (χ2n) is 8.20. The van der Waals surface area contributed by atoms with Crippen LogP contribution < -0.4 is 0 Å². The molecule has 0 bridgehead atoms. The summed E-state index contributed by atoms with van der Waals surface area (Å²) < 4.78 is 39.9. The summed E-state index contributed by atoms with van der Waals surface area (Å²) >= 11 is 0. The van der Waals surface area contributed by atoms with Gasteiger partial charge in [-0.2, -0.15) is 4.31 Å². The molecular weight excluding hydrogens is 381 g/mol. The Bertz CT molecular complexity index is 794. The molecule has 0 atom stereocenters. The number of carbonyl (C=O) groups excluding carboxylic acids is 1. The van der Waals surface area contributed by atoms with Crippen LogP contribution >= 0.6 is 0 Å². The van der Waals surface area contributed by atoms with Crippen LogP contribution in [0.25, 0.3) is 0 Å². The number of hydrogen-bond acceptors (Lipinski definition) is 4. The number of amides is 1. The number of nitrogens with zero attached hydrogens (tertiary/aromatic N) is 3. The average Bonchev–Trinajstić information content (AvgIpc) is 3.52. The number of carbonyl (C=O) groups is 1. The van der Waals surface area contributed by atoms with E-state index < -0.39 is 15.8 Å². The summed E-state index contributed by atoms with van der Waals surface area (Å²) in [6.07, 6.45) is 3.78. The summed E-state index contributed by atoms with van der Waals surface area (Å²) in [5.41, 5.74) is 0. The number of piperidine rings is 1. The maximum absolute atomic E-state index is 13.1. The third-order valence-corrected chi connectivity index (χ3v) is 8.06. The molecule has 3 aliphatic rings. The van der Waals surface area contributed by atoms with Crippen LogP contribution in [0.1, 0.15) is 25.7 Å². The molecule has 8 heteroatoms. The number of halogens is 1. The molecule has 3 fully saturated rings. The van der Waals surface area contributed by atoms with Crippen LogP contribution in [0.4, 0.5) is 4.39 Å². The normalized spacial score (nSPS) is 23.1. The van der Waals surface area contributed by atoms with Crippen LogP contribution in [0.3, 0.4) is 0 Å². The highest BCUT2D eigenvalue weighted by Crippen LogP contribution is 2.30. The maximum Gasteiger partial charge on any atom is 0.243 e. The van der Waals surface area contributed by atoms with E-state index in [1.54, 1.807) is 0 Å².